The molecule has 4 aromatic rings. The summed E-state index contributed by atoms with van der Waals surface area (Å²) in [6.45, 7) is 9.58. The number of H-pyrrole nitrogens is 1. The van der Waals surface area contributed by atoms with Crippen LogP contribution in [0, 0.1) is 6.92 Å². The number of aliphatic hydroxyl groups excluding tert-OH is 1. The molecule has 0 spiro atoms. The van der Waals surface area contributed by atoms with E-state index in [1.54, 1.807) is 16.5 Å². The van der Waals surface area contributed by atoms with Crippen LogP contribution >= 0.6 is 0 Å². The number of methoxy groups -OCH3 is 1. The molecule has 208 valence electrons. The predicted molar refractivity (Wildman–Crippen MR) is 147 cm³/mol. The van der Waals surface area contributed by atoms with Crippen LogP contribution in [0.3, 0.4) is 0 Å². The van der Waals surface area contributed by atoms with Gasteiger partial charge in [-0.3, -0.25) is 14.8 Å². The fourth-order valence-electron chi connectivity index (χ4n) is 4.87. The molecule has 0 saturated heterocycles. The Kier molecular flexibility index (Phi) is 7.69. The highest BCUT2D eigenvalue weighted by molar-refractivity contribution is 5.93. The van der Waals surface area contributed by atoms with E-state index in [-0.39, 0.29) is 18.8 Å². The molecule has 3 N–H and O–H groups in total. The number of aromatic amines is 1. The molecule has 12 nitrogen and oxygen atoms in total. The van der Waals surface area contributed by atoms with E-state index in [1.807, 2.05) is 46.0 Å². The first-order valence-electron chi connectivity index (χ1n) is 13.2. The van der Waals surface area contributed by atoms with E-state index < -0.39 is 0 Å². The van der Waals surface area contributed by atoms with Crippen molar-refractivity contribution in [1.82, 2.24) is 40.1 Å². The summed E-state index contributed by atoms with van der Waals surface area (Å²) in [5.74, 6) is 1.14. The van der Waals surface area contributed by atoms with Crippen molar-refractivity contribution in [2.24, 2.45) is 7.05 Å². The number of hydrogen-bond acceptors (Lipinski definition) is 9. The van der Waals surface area contributed by atoms with E-state index >= 15 is 0 Å². The Morgan fingerprint density at radius 1 is 1.23 bits per heavy atom. The molecule has 0 radical (unpaired) electrons. The van der Waals surface area contributed by atoms with Gasteiger partial charge >= 0.3 is 0 Å². The largest absolute Gasteiger partial charge is 0.476 e. The minimum absolute atomic E-state index is 0.0359. The Morgan fingerprint density at radius 2 is 2.05 bits per heavy atom. The molecule has 1 unspecified atom stereocenters. The molecule has 0 amide bonds. The number of fused-ring (bicyclic) bond motifs is 4. The minimum Gasteiger partial charge on any atom is -0.476 e. The summed E-state index contributed by atoms with van der Waals surface area (Å²) in [6, 6.07) is 1.97. The summed E-state index contributed by atoms with van der Waals surface area (Å²) in [5, 5.41) is 31.3. The predicted octanol–water partition coefficient (Wildman–Crippen LogP) is 2.83. The number of rotatable bonds is 6. The Bertz CT molecular complexity index is 1500. The summed E-state index contributed by atoms with van der Waals surface area (Å²) >= 11 is 0. The van der Waals surface area contributed by atoms with Crippen molar-refractivity contribution in [3.8, 4) is 23.0 Å². The van der Waals surface area contributed by atoms with Crippen LogP contribution in [0.25, 0.3) is 34.3 Å². The summed E-state index contributed by atoms with van der Waals surface area (Å²) in [5.41, 5.74) is 6.43. The molecule has 5 rings (SSSR count). The minimum atomic E-state index is -0.214. The number of hydrogen-bond donors (Lipinski definition) is 3. The van der Waals surface area contributed by atoms with Crippen LogP contribution in [0.15, 0.2) is 6.07 Å². The maximum absolute atomic E-state index is 9.70. The van der Waals surface area contributed by atoms with Crippen molar-refractivity contribution < 1.29 is 19.3 Å². The lowest BCUT2D eigenvalue weighted by Gasteiger charge is -2.23. The van der Waals surface area contributed by atoms with Crippen LogP contribution in [0.2, 0.25) is 0 Å². The first kappa shape index (κ1) is 26.9. The smallest absolute Gasteiger partial charge is 0.240 e. The molecule has 39 heavy (non-hydrogen) atoms. The molecule has 4 aromatic heterocycles. The van der Waals surface area contributed by atoms with Crippen LogP contribution in [0.1, 0.15) is 49.1 Å². The maximum atomic E-state index is 9.70. The summed E-state index contributed by atoms with van der Waals surface area (Å²) in [6.07, 6.45) is 3.75. The van der Waals surface area contributed by atoms with Gasteiger partial charge in [0, 0.05) is 32.1 Å². The number of aliphatic hydroxyl groups is 1. The highest BCUT2D eigenvalue weighted by Crippen LogP contribution is 2.36. The van der Waals surface area contributed by atoms with Crippen LogP contribution in [-0.4, -0.2) is 72.3 Å². The van der Waals surface area contributed by atoms with Crippen LogP contribution in [0.5, 0.6) is 11.8 Å². The Labute approximate surface area is 227 Å². The summed E-state index contributed by atoms with van der Waals surface area (Å²) in [7, 11) is 3.51. The van der Waals surface area contributed by atoms with Crippen molar-refractivity contribution in [3.05, 3.63) is 34.4 Å². The van der Waals surface area contributed by atoms with E-state index in [9.17, 15) is 5.11 Å². The lowest BCUT2D eigenvalue weighted by Crippen LogP contribution is -2.39. The molecule has 2 atom stereocenters. The average molecular weight is 537 g/mol. The van der Waals surface area contributed by atoms with E-state index in [0.29, 0.717) is 38.1 Å². The second kappa shape index (κ2) is 11.2. The second-order valence-electron chi connectivity index (χ2n) is 9.68. The number of nitrogens with zero attached hydrogens (tertiary/aromatic N) is 6. The Hall–Kier alpha value is -3.74. The van der Waals surface area contributed by atoms with Crippen molar-refractivity contribution in [3.63, 3.8) is 0 Å². The van der Waals surface area contributed by atoms with Crippen molar-refractivity contribution in [1.29, 1.82) is 0 Å². The number of ether oxygens (including phenoxy) is 3. The third-order valence-corrected chi connectivity index (χ3v) is 7.02. The zero-order valence-electron chi connectivity index (χ0n) is 23.3. The van der Waals surface area contributed by atoms with Gasteiger partial charge in [0.1, 0.15) is 17.3 Å². The van der Waals surface area contributed by atoms with Gasteiger partial charge in [0.05, 0.1) is 60.3 Å². The van der Waals surface area contributed by atoms with Crippen molar-refractivity contribution in [2.45, 2.75) is 59.5 Å². The van der Waals surface area contributed by atoms with E-state index in [4.69, 9.17) is 24.3 Å². The lowest BCUT2D eigenvalue weighted by molar-refractivity contribution is 0.163. The monoisotopic (exact) mass is 536 g/mol. The molecule has 0 aliphatic carbocycles. The van der Waals surface area contributed by atoms with Gasteiger partial charge < -0.3 is 24.6 Å². The molecule has 12 heteroatoms. The van der Waals surface area contributed by atoms with Gasteiger partial charge in [-0.15, -0.1) is 5.10 Å². The molecule has 0 aromatic carbocycles. The Morgan fingerprint density at radius 3 is 2.79 bits per heavy atom. The second-order valence-corrected chi connectivity index (χ2v) is 9.68. The van der Waals surface area contributed by atoms with Crippen LogP contribution < -0.4 is 14.8 Å². The van der Waals surface area contributed by atoms with Gasteiger partial charge in [0.15, 0.2) is 0 Å². The fourth-order valence-corrected chi connectivity index (χ4v) is 4.87. The average Bonchev–Trinajstić information content (AvgIpc) is 3.55. The number of aromatic nitrogens is 7. The molecule has 5 heterocycles. The topological polar surface area (TPSA) is 137 Å². The number of aryl methyl sites for hydroxylation is 2. The standard InChI is InChI=1S/C27H36N8O4/c1-7-38-26-18-8-9-20-19-12-21(29-16(3)25(19)31-30-20)24-22(14-37-6)32-34(5)27(24)39-17(4)15(2)28-13-23(18)35(33-26)10-11-36/h8-9,12,15,17,28,36H,7,10-11,13-14H2,1-6H3,(H,30,31)/b9-8+/t15-,17?/m1/s1. The first-order valence-corrected chi connectivity index (χ1v) is 13.2. The normalized spacial score (nSPS) is 18.3. The molecule has 0 fully saturated rings. The van der Waals surface area contributed by atoms with E-state index in [0.717, 1.165) is 50.5 Å². The fraction of sp³-hybridized carbons (Fsp3) is 0.481. The van der Waals surface area contributed by atoms with E-state index in [1.165, 1.54) is 0 Å². The summed E-state index contributed by atoms with van der Waals surface area (Å²) in [4.78, 5) is 4.90. The van der Waals surface area contributed by atoms with Gasteiger partial charge in [-0.05, 0) is 45.9 Å². The van der Waals surface area contributed by atoms with Gasteiger partial charge in [0.2, 0.25) is 11.8 Å². The number of pyridine rings is 1. The molecule has 0 saturated carbocycles. The lowest BCUT2D eigenvalue weighted by atomic mass is 10.1. The molecule has 1 aliphatic heterocycles. The molecule has 1 aliphatic rings. The zero-order valence-corrected chi connectivity index (χ0v) is 23.3. The highest BCUT2D eigenvalue weighted by Gasteiger charge is 2.26. The third-order valence-electron chi connectivity index (χ3n) is 7.02. The number of nitrogens with one attached hydrogen (secondary N) is 2. The van der Waals surface area contributed by atoms with Gasteiger partial charge in [-0.25, -0.2) is 4.68 Å². The Balaban J connectivity index is 1.74. The van der Waals surface area contributed by atoms with Crippen molar-refractivity contribution >= 4 is 23.1 Å². The third kappa shape index (κ3) is 5.02. The maximum Gasteiger partial charge on any atom is 0.240 e. The quantitative estimate of drug-likeness (QED) is 0.340. The molecular formula is C27H36N8O4. The van der Waals surface area contributed by atoms with Gasteiger partial charge in [-0.2, -0.15) is 10.2 Å². The molecular weight excluding hydrogens is 500 g/mol. The first-order chi connectivity index (χ1) is 18.9. The van der Waals surface area contributed by atoms with Gasteiger partial charge in [-0.1, -0.05) is 0 Å². The zero-order chi connectivity index (χ0) is 27.7. The van der Waals surface area contributed by atoms with Crippen LogP contribution in [0.4, 0.5) is 0 Å². The van der Waals surface area contributed by atoms with Gasteiger partial charge in [0.25, 0.3) is 0 Å². The van der Waals surface area contributed by atoms with E-state index in [2.05, 4.69) is 27.5 Å². The van der Waals surface area contributed by atoms with Crippen LogP contribution in [-0.2, 0) is 31.5 Å². The SMILES string of the molecule is CCOc1nn(CCO)c2c1/C=C/c1[nH]nc3c(C)nc(cc13)-c1c(COC)nn(C)c1OC(C)[C@@H](C)NC2. The highest BCUT2D eigenvalue weighted by atomic mass is 16.5. The summed E-state index contributed by atoms with van der Waals surface area (Å²) < 4.78 is 21.5. The van der Waals surface area contributed by atoms with Crippen molar-refractivity contribution in [2.75, 3.05) is 20.3 Å². The molecule has 2 bridgehead atoms.